The lowest BCUT2D eigenvalue weighted by atomic mass is 10.3. The summed E-state index contributed by atoms with van der Waals surface area (Å²) in [5.41, 5.74) is 1.85. The van der Waals surface area contributed by atoms with Crippen molar-refractivity contribution in [2.75, 3.05) is 21.9 Å². The van der Waals surface area contributed by atoms with Crippen LogP contribution in [0.15, 0.2) is 62.6 Å². The molecule has 0 spiro atoms. The SMILES string of the molecule is CCNc1cc(Nc2ccc(NS(=O)(=O)c3ccc4oc(=O)n(C)c4c3)cc2)nc(C)n1. The van der Waals surface area contributed by atoms with E-state index in [1.54, 1.807) is 30.3 Å². The third-order valence-corrected chi connectivity index (χ3v) is 6.06. The van der Waals surface area contributed by atoms with Crippen LogP contribution in [0.25, 0.3) is 11.1 Å². The van der Waals surface area contributed by atoms with Gasteiger partial charge in [0.1, 0.15) is 17.5 Å². The fourth-order valence-corrected chi connectivity index (χ4v) is 4.24. The molecule has 0 radical (unpaired) electrons. The third kappa shape index (κ3) is 4.42. The second-order valence-electron chi connectivity index (χ2n) is 7.08. The smallest absolute Gasteiger partial charge is 0.408 e. The summed E-state index contributed by atoms with van der Waals surface area (Å²) >= 11 is 0. The highest BCUT2D eigenvalue weighted by molar-refractivity contribution is 7.92. The second kappa shape index (κ2) is 8.35. The van der Waals surface area contributed by atoms with Crippen molar-refractivity contribution in [3.8, 4) is 0 Å². The standard InChI is InChI=1S/C21H22N6O4S/c1-4-22-19-12-20(24-13(2)23-19)25-14-5-7-15(8-6-14)26-32(29,30)16-9-10-18-17(11-16)27(3)21(28)31-18/h5-12,26H,4H2,1-3H3,(H2,22,23,24,25). The van der Waals surface area contributed by atoms with Crippen molar-refractivity contribution in [2.24, 2.45) is 7.05 Å². The lowest BCUT2D eigenvalue weighted by molar-refractivity contribution is 0.528. The largest absolute Gasteiger partial charge is 0.419 e. The molecule has 2 aromatic heterocycles. The summed E-state index contributed by atoms with van der Waals surface area (Å²) in [5.74, 6) is 1.42. The average molecular weight is 455 g/mol. The van der Waals surface area contributed by atoms with E-state index < -0.39 is 15.8 Å². The van der Waals surface area contributed by atoms with Crippen LogP contribution in [0.2, 0.25) is 0 Å². The fraction of sp³-hybridized carbons (Fsp3) is 0.190. The van der Waals surface area contributed by atoms with Crippen molar-refractivity contribution in [1.29, 1.82) is 0 Å². The zero-order chi connectivity index (χ0) is 22.9. The van der Waals surface area contributed by atoms with E-state index in [2.05, 4.69) is 25.3 Å². The number of nitrogens with one attached hydrogen (secondary N) is 3. The average Bonchev–Trinajstić information content (AvgIpc) is 3.02. The van der Waals surface area contributed by atoms with Crippen LogP contribution in [0.3, 0.4) is 0 Å². The molecule has 10 nitrogen and oxygen atoms in total. The highest BCUT2D eigenvalue weighted by atomic mass is 32.2. The summed E-state index contributed by atoms with van der Waals surface area (Å²) in [5, 5.41) is 6.33. The van der Waals surface area contributed by atoms with Gasteiger partial charge in [0.2, 0.25) is 0 Å². The van der Waals surface area contributed by atoms with Crippen molar-refractivity contribution in [2.45, 2.75) is 18.7 Å². The van der Waals surface area contributed by atoms with E-state index in [0.717, 1.165) is 18.1 Å². The molecule has 2 aromatic carbocycles. The van der Waals surface area contributed by atoms with E-state index in [-0.39, 0.29) is 4.90 Å². The molecule has 0 aliphatic carbocycles. The molecule has 0 atom stereocenters. The third-order valence-electron chi connectivity index (χ3n) is 4.68. The molecule has 0 saturated heterocycles. The number of hydrogen-bond donors (Lipinski definition) is 3. The number of benzene rings is 2. The van der Waals surface area contributed by atoms with E-state index in [0.29, 0.717) is 28.4 Å². The van der Waals surface area contributed by atoms with E-state index in [1.807, 2.05) is 13.8 Å². The summed E-state index contributed by atoms with van der Waals surface area (Å²) in [6, 6.07) is 12.8. The quantitative estimate of drug-likeness (QED) is 0.388. The molecule has 4 aromatic rings. The Bertz CT molecular complexity index is 1440. The van der Waals surface area contributed by atoms with Gasteiger partial charge in [-0.25, -0.2) is 23.2 Å². The predicted molar refractivity (Wildman–Crippen MR) is 123 cm³/mol. The Morgan fingerprint density at radius 3 is 2.41 bits per heavy atom. The van der Waals surface area contributed by atoms with E-state index >= 15 is 0 Å². The zero-order valence-corrected chi connectivity index (χ0v) is 18.5. The van der Waals surface area contributed by atoms with Gasteiger partial charge in [0, 0.05) is 31.0 Å². The zero-order valence-electron chi connectivity index (χ0n) is 17.7. The van der Waals surface area contributed by atoms with Crippen molar-refractivity contribution >= 4 is 44.1 Å². The summed E-state index contributed by atoms with van der Waals surface area (Å²) in [6.07, 6.45) is 0. The molecule has 166 valence electrons. The molecule has 0 aliphatic rings. The molecule has 0 aliphatic heterocycles. The van der Waals surface area contributed by atoms with Gasteiger partial charge >= 0.3 is 5.76 Å². The van der Waals surface area contributed by atoms with Crippen LogP contribution in [-0.2, 0) is 17.1 Å². The van der Waals surface area contributed by atoms with Crippen molar-refractivity contribution in [3.63, 3.8) is 0 Å². The predicted octanol–water partition coefficient (Wildman–Crippen LogP) is 3.21. The van der Waals surface area contributed by atoms with E-state index in [4.69, 9.17) is 4.42 Å². The minimum absolute atomic E-state index is 0.0241. The molecule has 3 N–H and O–H groups in total. The topological polar surface area (TPSA) is 131 Å². The number of aromatic nitrogens is 3. The van der Waals surface area contributed by atoms with Gasteiger partial charge in [0.15, 0.2) is 5.58 Å². The van der Waals surface area contributed by atoms with Crippen LogP contribution in [0.4, 0.5) is 23.0 Å². The first-order valence-corrected chi connectivity index (χ1v) is 11.3. The first kappa shape index (κ1) is 21.4. The maximum absolute atomic E-state index is 12.8. The number of nitrogens with zero attached hydrogens (tertiary/aromatic N) is 3. The lowest BCUT2D eigenvalue weighted by Gasteiger charge is -2.11. The van der Waals surface area contributed by atoms with E-state index in [9.17, 15) is 13.2 Å². The maximum atomic E-state index is 12.8. The number of aryl methyl sites for hydroxylation is 2. The number of hydrogen-bond acceptors (Lipinski definition) is 8. The number of rotatable bonds is 7. The first-order chi connectivity index (χ1) is 15.2. The highest BCUT2D eigenvalue weighted by Crippen LogP contribution is 2.23. The molecule has 0 amide bonds. The van der Waals surface area contributed by atoms with Crippen molar-refractivity contribution in [1.82, 2.24) is 14.5 Å². The Labute approximate surface area is 184 Å². The number of anilines is 4. The molecular weight excluding hydrogens is 432 g/mol. The highest BCUT2D eigenvalue weighted by Gasteiger charge is 2.17. The summed E-state index contributed by atoms with van der Waals surface area (Å²) < 4.78 is 34.5. The molecule has 0 bridgehead atoms. The van der Waals surface area contributed by atoms with Crippen LogP contribution in [0.1, 0.15) is 12.7 Å². The first-order valence-electron chi connectivity index (χ1n) is 9.84. The Hall–Kier alpha value is -3.86. The van der Waals surface area contributed by atoms with Gasteiger partial charge in [-0.15, -0.1) is 0 Å². The van der Waals surface area contributed by atoms with Gasteiger partial charge in [-0.2, -0.15) is 0 Å². The number of sulfonamides is 1. The maximum Gasteiger partial charge on any atom is 0.419 e. The van der Waals surface area contributed by atoms with Gasteiger partial charge in [0.25, 0.3) is 10.0 Å². The Morgan fingerprint density at radius 2 is 1.69 bits per heavy atom. The summed E-state index contributed by atoms with van der Waals surface area (Å²) in [6.45, 7) is 4.54. The monoisotopic (exact) mass is 454 g/mol. The van der Waals surface area contributed by atoms with Crippen LogP contribution in [-0.4, -0.2) is 29.5 Å². The Kier molecular flexibility index (Phi) is 5.57. The van der Waals surface area contributed by atoms with Crippen molar-refractivity contribution in [3.05, 3.63) is 64.9 Å². The van der Waals surface area contributed by atoms with Crippen LogP contribution >= 0.6 is 0 Å². The molecule has 4 rings (SSSR count). The van der Waals surface area contributed by atoms with Crippen LogP contribution < -0.4 is 21.1 Å². The minimum atomic E-state index is -3.86. The van der Waals surface area contributed by atoms with Gasteiger partial charge in [0.05, 0.1) is 10.4 Å². The van der Waals surface area contributed by atoms with Gasteiger partial charge in [-0.3, -0.25) is 9.29 Å². The molecular formula is C21H22N6O4S. The Balaban J connectivity index is 1.52. The fourth-order valence-electron chi connectivity index (χ4n) is 3.16. The number of fused-ring (bicyclic) bond motifs is 1. The Morgan fingerprint density at radius 1 is 1.00 bits per heavy atom. The molecule has 11 heteroatoms. The molecule has 0 fully saturated rings. The second-order valence-corrected chi connectivity index (χ2v) is 8.76. The van der Waals surface area contributed by atoms with Gasteiger partial charge < -0.3 is 15.1 Å². The summed E-state index contributed by atoms with van der Waals surface area (Å²) in [7, 11) is -2.34. The lowest BCUT2D eigenvalue weighted by Crippen LogP contribution is -2.13. The normalized spacial score (nSPS) is 11.5. The van der Waals surface area contributed by atoms with Gasteiger partial charge in [-0.1, -0.05) is 0 Å². The molecule has 0 unspecified atom stereocenters. The van der Waals surface area contributed by atoms with Crippen LogP contribution in [0, 0.1) is 6.92 Å². The molecule has 2 heterocycles. The molecule has 0 saturated carbocycles. The minimum Gasteiger partial charge on any atom is -0.408 e. The van der Waals surface area contributed by atoms with Crippen LogP contribution in [0.5, 0.6) is 0 Å². The summed E-state index contributed by atoms with van der Waals surface area (Å²) in [4.78, 5) is 20.3. The number of oxazole rings is 1. The van der Waals surface area contributed by atoms with Gasteiger partial charge in [-0.05, 0) is 56.3 Å². The molecule has 32 heavy (non-hydrogen) atoms. The van der Waals surface area contributed by atoms with E-state index in [1.165, 1.54) is 29.8 Å². The van der Waals surface area contributed by atoms with Crippen molar-refractivity contribution < 1.29 is 12.8 Å².